The van der Waals surface area contributed by atoms with Crippen LogP contribution in [0.5, 0.6) is 0 Å². The number of thiophene rings is 1. The van der Waals surface area contributed by atoms with Gasteiger partial charge >= 0.3 is 11.6 Å². The summed E-state index contributed by atoms with van der Waals surface area (Å²) in [5, 5.41) is 5.76. The van der Waals surface area contributed by atoms with E-state index < -0.39 is 11.6 Å². The molecule has 0 aliphatic rings. The van der Waals surface area contributed by atoms with Gasteiger partial charge in [-0.1, -0.05) is 11.2 Å². The fourth-order valence-electron chi connectivity index (χ4n) is 1.61. The lowest BCUT2D eigenvalue weighted by Crippen LogP contribution is -2.07. The highest BCUT2D eigenvalue weighted by Gasteiger charge is 2.12. The first kappa shape index (κ1) is 13.3. The highest BCUT2D eigenvalue weighted by molar-refractivity contribution is 7.13. The summed E-state index contributed by atoms with van der Waals surface area (Å²) in [7, 11) is 0. The minimum atomic E-state index is -0.598. The third kappa shape index (κ3) is 3.09. The first-order valence-electron chi connectivity index (χ1n) is 5.98. The van der Waals surface area contributed by atoms with Crippen molar-refractivity contribution in [2.45, 2.75) is 6.61 Å². The molecule has 0 aliphatic carbocycles. The summed E-state index contributed by atoms with van der Waals surface area (Å²) in [4.78, 5) is 23.5. The monoisotopic (exact) mass is 303 g/mol. The number of nitrogens with zero attached hydrogens (tertiary/aromatic N) is 1. The minimum Gasteiger partial charge on any atom is -0.455 e. The second kappa shape index (κ2) is 5.76. The van der Waals surface area contributed by atoms with Gasteiger partial charge in [-0.3, -0.25) is 0 Å². The van der Waals surface area contributed by atoms with E-state index in [9.17, 15) is 9.59 Å². The van der Waals surface area contributed by atoms with E-state index in [0.717, 1.165) is 17.2 Å². The molecule has 0 saturated carbocycles. The zero-order valence-electron chi connectivity index (χ0n) is 10.6. The van der Waals surface area contributed by atoms with E-state index in [2.05, 4.69) is 9.57 Å². The van der Waals surface area contributed by atoms with Crippen molar-refractivity contribution in [3.05, 3.63) is 63.7 Å². The average molecular weight is 303 g/mol. The number of rotatable bonds is 4. The Morgan fingerprint density at radius 1 is 1.33 bits per heavy atom. The molecule has 0 saturated heterocycles. The summed E-state index contributed by atoms with van der Waals surface area (Å²) in [6, 6.07) is 8.03. The predicted octanol–water partition coefficient (Wildman–Crippen LogP) is 2.71. The second-order valence-corrected chi connectivity index (χ2v) is 5.03. The first-order chi connectivity index (χ1) is 10.2. The molecule has 3 rings (SSSR count). The Bertz CT molecular complexity index is 782. The van der Waals surface area contributed by atoms with Gasteiger partial charge in [0.2, 0.25) is 0 Å². The molecule has 0 N–H and O–H groups in total. The van der Waals surface area contributed by atoms with Crippen LogP contribution in [0.2, 0.25) is 0 Å². The molecule has 3 heterocycles. The topological polar surface area (TPSA) is 82.5 Å². The summed E-state index contributed by atoms with van der Waals surface area (Å²) in [5.74, 6) is 0.0289. The molecule has 0 amide bonds. The summed E-state index contributed by atoms with van der Waals surface area (Å²) < 4.78 is 14.8. The summed E-state index contributed by atoms with van der Waals surface area (Å²) in [5.41, 5.74) is 0.143. The fraction of sp³-hybridized carbons (Fsp3) is 0.0714. The molecule has 0 fully saturated rings. The molecule has 7 heteroatoms. The predicted molar refractivity (Wildman–Crippen MR) is 73.9 cm³/mol. The van der Waals surface area contributed by atoms with Crippen LogP contribution in [0.4, 0.5) is 0 Å². The first-order valence-corrected chi connectivity index (χ1v) is 6.86. The number of ether oxygens (including phenoxy) is 1. The molecule has 0 unspecified atom stereocenters. The van der Waals surface area contributed by atoms with Gasteiger partial charge in [-0.25, -0.2) is 9.59 Å². The smallest absolute Gasteiger partial charge is 0.341 e. The van der Waals surface area contributed by atoms with Gasteiger partial charge < -0.3 is 13.7 Å². The Balaban J connectivity index is 1.64. The van der Waals surface area contributed by atoms with Crippen molar-refractivity contribution in [3.63, 3.8) is 0 Å². The van der Waals surface area contributed by atoms with Gasteiger partial charge in [0, 0.05) is 12.1 Å². The van der Waals surface area contributed by atoms with E-state index in [1.165, 1.54) is 17.4 Å². The standard InChI is InChI=1S/C14H9NO5S/c16-13-4-3-9(7-18-13)14(17)19-8-10-6-11(20-15-10)12-2-1-5-21-12/h1-7H,8H2. The quantitative estimate of drug-likeness (QED) is 0.689. The van der Waals surface area contributed by atoms with Crippen LogP contribution in [0.25, 0.3) is 10.6 Å². The van der Waals surface area contributed by atoms with Gasteiger partial charge in [0.05, 0.1) is 10.4 Å². The number of aromatic nitrogens is 1. The van der Waals surface area contributed by atoms with Gasteiger partial charge in [0.15, 0.2) is 5.76 Å². The molecular weight excluding hydrogens is 294 g/mol. The van der Waals surface area contributed by atoms with Gasteiger partial charge in [-0.2, -0.15) is 0 Å². The number of carbonyl (C=O) groups is 1. The molecule has 106 valence electrons. The molecule has 6 nitrogen and oxygen atoms in total. The van der Waals surface area contributed by atoms with Crippen LogP contribution < -0.4 is 5.63 Å². The number of hydrogen-bond acceptors (Lipinski definition) is 7. The lowest BCUT2D eigenvalue weighted by molar-refractivity contribution is 0.0461. The van der Waals surface area contributed by atoms with Crippen molar-refractivity contribution in [2.24, 2.45) is 0 Å². The molecule has 0 bridgehead atoms. The third-order valence-electron chi connectivity index (χ3n) is 2.61. The fourth-order valence-corrected chi connectivity index (χ4v) is 2.28. The molecule has 0 spiro atoms. The molecule has 3 aromatic rings. The number of carbonyl (C=O) groups excluding carboxylic acids is 1. The van der Waals surface area contributed by atoms with Crippen molar-refractivity contribution < 1.29 is 18.5 Å². The highest BCUT2D eigenvalue weighted by atomic mass is 32.1. The molecule has 0 radical (unpaired) electrons. The van der Waals surface area contributed by atoms with E-state index in [1.807, 2.05) is 17.5 Å². The zero-order chi connectivity index (χ0) is 14.7. The third-order valence-corrected chi connectivity index (χ3v) is 3.50. The van der Waals surface area contributed by atoms with E-state index in [1.54, 1.807) is 6.07 Å². The van der Waals surface area contributed by atoms with Crippen LogP contribution in [0.1, 0.15) is 16.1 Å². The van der Waals surface area contributed by atoms with Crippen LogP contribution in [0.3, 0.4) is 0 Å². The molecule has 0 atom stereocenters. The van der Waals surface area contributed by atoms with Crippen LogP contribution in [-0.4, -0.2) is 11.1 Å². The lowest BCUT2D eigenvalue weighted by Gasteiger charge is -2.00. The van der Waals surface area contributed by atoms with Crippen molar-refractivity contribution >= 4 is 17.3 Å². The highest BCUT2D eigenvalue weighted by Crippen LogP contribution is 2.25. The van der Waals surface area contributed by atoms with Crippen LogP contribution in [0, 0.1) is 0 Å². The van der Waals surface area contributed by atoms with Crippen LogP contribution >= 0.6 is 11.3 Å². The van der Waals surface area contributed by atoms with Gasteiger partial charge in [0.1, 0.15) is 18.6 Å². The Labute approximate surface area is 122 Å². The molecule has 21 heavy (non-hydrogen) atoms. The average Bonchev–Trinajstić information content (AvgIpc) is 3.16. The van der Waals surface area contributed by atoms with E-state index in [4.69, 9.17) is 9.26 Å². The van der Waals surface area contributed by atoms with Crippen LogP contribution in [-0.2, 0) is 11.3 Å². The van der Waals surface area contributed by atoms with Crippen molar-refractivity contribution in [2.75, 3.05) is 0 Å². The number of esters is 1. The van der Waals surface area contributed by atoms with Crippen LogP contribution in [0.15, 0.2) is 55.7 Å². The van der Waals surface area contributed by atoms with Crippen molar-refractivity contribution in [1.29, 1.82) is 0 Å². The Kier molecular flexibility index (Phi) is 3.65. The van der Waals surface area contributed by atoms with E-state index >= 15 is 0 Å². The van der Waals surface area contributed by atoms with E-state index in [0.29, 0.717) is 11.5 Å². The van der Waals surface area contributed by atoms with Gasteiger partial charge in [-0.15, -0.1) is 11.3 Å². The largest absolute Gasteiger partial charge is 0.455 e. The SMILES string of the molecule is O=C(OCc1cc(-c2cccs2)on1)c1ccc(=O)oc1. The summed E-state index contributed by atoms with van der Waals surface area (Å²) >= 11 is 1.53. The summed E-state index contributed by atoms with van der Waals surface area (Å²) in [6.07, 6.45) is 1.06. The normalized spacial score (nSPS) is 10.5. The summed E-state index contributed by atoms with van der Waals surface area (Å²) in [6.45, 7) is -0.0210. The van der Waals surface area contributed by atoms with Crippen molar-refractivity contribution in [3.8, 4) is 10.6 Å². The van der Waals surface area contributed by atoms with Gasteiger partial charge in [-0.05, 0) is 17.5 Å². The molecule has 3 aromatic heterocycles. The van der Waals surface area contributed by atoms with E-state index in [-0.39, 0.29) is 12.2 Å². The second-order valence-electron chi connectivity index (χ2n) is 4.08. The Morgan fingerprint density at radius 3 is 2.95 bits per heavy atom. The minimum absolute atomic E-state index is 0.0210. The molecular formula is C14H9NO5S. The lowest BCUT2D eigenvalue weighted by atomic mass is 10.3. The maximum atomic E-state index is 11.7. The Morgan fingerprint density at radius 2 is 2.24 bits per heavy atom. The molecule has 0 aromatic carbocycles. The van der Waals surface area contributed by atoms with Gasteiger partial charge in [0.25, 0.3) is 0 Å². The zero-order valence-corrected chi connectivity index (χ0v) is 11.5. The molecule has 0 aliphatic heterocycles. The maximum absolute atomic E-state index is 11.7. The maximum Gasteiger partial charge on any atom is 0.341 e. The number of hydrogen-bond donors (Lipinski definition) is 0. The van der Waals surface area contributed by atoms with Crippen molar-refractivity contribution in [1.82, 2.24) is 5.16 Å². The Hall–Kier alpha value is -2.67.